The molecule has 0 aliphatic carbocycles. The fourth-order valence-corrected chi connectivity index (χ4v) is 4.07. The summed E-state index contributed by atoms with van der Waals surface area (Å²) in [6.45, 7) is 2.61. The number of hydrogen-bond donors (Lipinski definition) is 0. The van der Waals surface area contributed by atoms with E-state index in [1.165, 1.54) is 12.1 Å². The average molecular weight is 395 g/mol. The van der Waals surface area contributed by atoms with Gasteiger partial charge in [0.05, 0.1) is 23.5 Å². The highest BCUT2D eigenvalue weighted by atomic mass is 19.1. The Kier molecular flexibility index (Phi) is 4.04. The van der Waals surface area contributed by atoms with Gasteiger partial charge in [-0.05, 0) is 38.0 Å². The van der Waals surface area contributed by atoms with E-state index < -0.39 is 11.6 Å². The fraction of sp³-hybridized carbons (Fsp3) is 0.300. The lowest BCUT2D eigenvalue weighted by Gasteiger charge is -2.25. The maximum Gasteiger partial charge on any atom is 0.229 e. The van der Waals surface area contributed by atoms with Crippen molar-refractivity contribution in [2.75, 3.05) is 11.4 Å². The number of aromatic nitrogens is 6. The minimum Gasteiger partial charge on any atom is -0.334 e. The molecule has 0 amide bonds. The molecule has 29 heavy (non-hydrogen) atoms. The van der Waals surface area contributed by atoms with Crippen LogP contribution in [0.4, 0.5) is 14.7 Å². The lowest BCUT2D eigenvalue weighted by Crippen LogP contribution is -2.25. The van der Waals surface area contributed by atoms with Gasteiger partial charge in [-0.2, -0.15) is 15.2 Å². The first-order valence-electron chi connectivity index (χ1n) is 9.44. The highest BCUT2D eigenvalue weighted by Gasteiger charge is 2.31. The maximum absolute atomic E-state index is 14.4. The zero-order valence-corrected chi connectivity index (χ0v) is 16.0. The van der Waals surface area contributed by atoms with Crippen molar-refractivity contribution in [3.05, 3.63) is 59.8 Å². The van der Waals surface area contributed by atoms with Gasteiger partial charge in [0, 0.05) is 30.9 Å². The predicted molar refractivity (Wildman–Crippen MR) is 103 cm³/mol. The minimum absolute atomic E-state index is 0.306. The van der Waals surface area contributed by atoms with Crippen molar-refractivity contribution in [2.24, 2.45) is 7.05 Å². The van der Waals surface area contributed by atoms with Gasteiger partial charge in [0.25, 0.3) is 0 Å². The molecule has 0 bridgehead atoms. The molecule has 1 aromatic carbocycles. The zero-order chi connectivity index (χ0) is 20.1. The summed E-state index contributed by atoms with van der Waals surface area (Å²) in [7, 11) is 1.87. The number of nitrogens with zero attached hydrogens (tertiary/aromatic N) is 7. The van der Waals surface area contributed by atoms with E-state index in [0.29, 0.717) is 30.1 Å². The van der Waals surface area contributed by atoms with E-state index in [1.807, 2.05) is 25.1 Å². The first kappa shape index (κ1) is 17.7. The van der Waals surface area contributed by atoms with E-state index in [9.17, 15) is 8.78 Å². The van der Waals surface area contributed by atoms with Crippen molar-refractivity contribution in [3.63, 3.8) is 0 Å². The topological polar surface area (TPSA) is 64.1 Å². The lowest BCUT2D eigenvalue weighted by atomic mass is 10.0. The lowest BCUT2D eigenvalue weighted by molar-refractivity contribution is 0.559. The van der Waals surface area contributed by atoms with Gasteiger partial charge in [0.15, 0.2) is 5.65 Å². The molecule has 9 heteroatoms. The van der Waals surface area contributed by atoms with Gasteiger partial charge in [-0.1, -0.05) is 0 Å². The van der Waals surface area contributed by atoms with Crippen LogP contribution < -0.4 is 4.90 Å². The molecule has 5 rings (SSSR count). The average Bonchev–Trinajstić information content (AvgIpc) is 3.41. The molecule has 0 radical (unpaired) electrons. The molecule has 0 unspecified atom stereocenters. The SMILES string of the molecule is Cc1nn(C)cc1-c1cnn2cnc(N3CCC[C@@H]3c3cc(F)ccc3F)nc12. The van der Waals surface area contributed by atoms with Crippen molar-refractivity contribution in [3.8, 4) is 11.1 Å². The molecule has 0 N–H and O–H groups in total. The van der Waals surface area contributed by atoms with Crippen LogP contribution in [0.25, 0.3) is 16.8 Å². The Morgan fingerprint density at radius 3 is 2.83 bits per heavy atom. The number of halogens is 2. The van der Waals surface area contributed by atoms with Crippen LogP contribution in [0.1, 0.15) is 30.1 Å². The Morgan fingerprint density at radius 1 is 1.17 bits per heavy atom. The summed E-state index contributed by atoms with van der Waals surface area (Å²) in [5, 5.41) is 8.73. The number of aryl methyl sites for hydroxylation is 2. The van der Waals surface area contributed by atoms with Gasteiger partial charge < -0.3 is 4.90 Å². The summed E-state index contributed by atoms with van der Waals surface area (Å²) in [6, 6.07) is 3.26. The summed E-state index contributed by atoms with van der Waals surface area (Å²) in [5.41, 5.74) is 3.66. The van der Waals surface area contributed by atoms with E-state index in [-0.39, 0.29) is 6.04 Å². The van der Waals surface area contributed by atoms with Gasteiger partial charge in [-0.15, -0.1) is 0 Å². The Morgan fingerprint density at radius 2 is 2.03 bits per heavy atom. The fourth-order valence-electron chi connectivity index (χ4n) is 4.07. The van der Waals surface area contributed by atoms with Crippen LogP contribution in [0, 0.1) is 18.6 Å². The Labute approximate surface area is 165 Å². The second-order valence-electron chi connectivity index (χ2n) is 7.30. The Balaban J connectivity index is 1.59. The van der Waals surface area contributed by atoms with Gasteiger partial charge in [0.2, 0.25) is 5.95 Å². The third-order valence-electron chi connectivity index (χ3n) is 5.39. The van der Waals surface area contributed by atoms with E-state index >= 15 is 0 Å². The van der Waals surface area contributed by atoms with Crippen molar-refractivity contribution in [1.29, 1.82) is 0 Å². The second-order valence-corrected chi connectivity index (χ2v) is 7.30. The van der Waals surface area contributed by atoms with Crippen LogP contribution >= 0.6 is 0 Å². The van der Waals surface area contributed by atoms with Crippen LogP contribution in [0.15, 0.2) is 36.9 Å². The van der Waals surface area contributed by atoms with Gasteiger partial charge >= 0.3 is 0 Å². The zero-order valence-electron chi connectivity index (χ0n) is 16.0. The molecule has 7 nitrogen and oxygen atoms in total. The molecule has 1 aliphatic rings. The van der Waals surface area contributed by atoms with Crippen LogP contribution in [0.2, 0.25) is 0 Å². The Hall–Kier alpha value is -3.36. The van der Waals surface area contributed by atoms with Crippen molar-refractivity contribution in [2.45, 2.75) is 25.8 Å². The van der Waals surface area contributed by atoms with Crippen molar-refractivity contribution < 1.29 is 8.78 Å². The van der Waals surface area contributed by atoms with Gasteiger partial charge in [-0.25, -0.2) is 18.3 Å². The highest BCUT2D eigenvalue weighted by molar-refractivity contribution is 5.78. The molecular formula is C20H19F2N7. The molecule has 1 aliphatic heterocycles. The van der Waals surface area contributed by atoms with Gasteiger partial charge in [-0.3, -0.25) is 4.68 Å². The largest absolute Gasteiger partial charge is 0.334 e. The Bertz CT molecular complexity index is 1210. The molecule has 4 heterocycles. The number of rotatable bonds is 3. The molecule has 0 spiro atoms. The first-order valence-corrected chi connectivity index (χ1v) is 9.44. The van der Waals surface area contributed by atoms with E-state index in [1.54, 1.807) is 21.7 Å². The molecule has 0 saturated carbocycles. The van der Waals surface area contributed by atoms with E-state index in [4.69, 9.17) is 4.98 Å². The molecule has 1 fully saturated rings. The third kappa shape index (κ3) is 2.93. The van der Waals surface area contributed by atoms with Crippen molar-refractivity contribution >= 4 is 11.6 Å². The van der Waals surface area contributed by atoms with Crippen LogP contribution in [0.3, 0.4) is 0 Å². The molecule has 1 atom stereocenters. The highest BCUT2D eigenvalue weighted by Crippen LogP contribution is 2.36. The smallest absolute Gasteiger partial charge is 0.229 e. The van der Waals surface area contributed by atoms with Crippen LogP contribution in [0.5, 0.6) is 0 Å². The number of fused-ring (bicyclic) bond motifs is 1. The summed E-state index contributed by atoms with van der Waals surface area (Å²) in [4.78, 5) is 11.1. The molecule has 148 valence electrons. The monoisotopic (exact) mass is 395 g/mol. The third-order valence-corrected chi connectivity index (χ3v) is 5.39. The summed E-state index contributed by atoms with van der Waals surface area (Å²) in [6.07, 6.45) is 6.83. The predicted octanol–water partition coefficient (Wildman–Crippen LogP) is 3.45. The standard InChI is InChI=1S/C20H19F2N7/c1-12-16(10-27(2)26-12)15-9-24-29-11-23-20(25-19(15)29)28-7-3-4-18(28)14-8-13(21)5-6-17(14)22/h5-6,8-11,18H,3-4,7H2,1-2H3/t18-/m1/s1. The maximum atomic E-state index is 14.4. The van der Waals surface area contributed by atoms with Crippen LogP contribution in [-0.4, -0.2) is 35.9 Å². The summed E-state index contributed by atoms with van der Waals surface area (Å²) >= 11 is 0. The number of hydrogen-bond acceptors (Lipinski definition) is 5. The summed E-state index contributed by atoms with van der Waals surface area (Å²) < 4.78 is 31.5. The quantitative estimate of drug-likeness (QED) is 0.532. The number of benzene rings is 1. The van der Waals surface area contributed by atoms with Crippen LogP contribution in [-0.2, 0) is 7.05 Å². The van der Waals surface area contributed by atoms with Crippen molar-refractivity contribution in [1.82, 2.24) is 29.4 Å². The number of anilines is 1. The molecule has 4 aromatic rings. The normalized spacial score (nSPS) is 16.8. The molecule has 1 saturated heterocycles. The second kappa shape index (κ2) is 6.61. The van der Waals surface area contributed by atoms with E-state index in [2.05, 4.69) is 15.2 Å². The summed E-state index contributed by atoms with van der Waals surface area (Å²) in [5.74, 6) is -0.387. The first-order chi connectivity index (χ1) is 14.0. The molecular weight excluding hydrogens is 376 g/mol. The van der Waals surface area contributed by atoms with E-state index in [0.717, 1.165) is 29.3 Å². The van der Waals surface area contributed by atoms with Gasteiger partial charge in [0.1, 0.15) is 18.0 Å². The minimum atomic E-state index is -0.449. The molecule has 3 aromatic heterocycles.